The van der Waals surface area contributed by atoms with Crippen molar-refractivity contribution < 1.29 is 9.90 Å². The maximum atomic E-state index is 12.0. The lowest BCUT2D eigenvalue weighted by atomic mass is 10.1. The summed E-state index contributed by atoms with van der Waals surface area (Å²) in [6.07, 6.45) is 5.73. The molecular weight excluding hydrogens is 278 g/mol. The summed E-state index contributed by atoms with van der Waals surface area (Å²) < 4.78 is 0. The van der Waals surface area contributed by atoms with Crippen LogP contribution in [0.5, 0.6) is 0 Å². The highest BCUT2D eigenvalue weighted by Gasteiger charge is 2.19. The van der Waals surface area contributed by atoms with Gasteiger partial charge in [-0.1, -0.05) is 37.1 Å². The lowest BCUT2D eigenvalue weighted by Gasteiger charge is -2.11. The number of aliphatic hydroxyl groups is 1. The normalized spacial score (nSPS) is 15.4. The Balaban J connectivity index is 1.85. The van der Waals surface area contributed by atoms with Crippen LogP contribution in [0.25, 0.3) is 0 Å². The van der Waals surface area contributed by atoms with E-state index in [2.05, 4.69) is 10.6 Å². The number of nitrogens with one attached hydrogen (secondary N) is 2. The van der Waals surface area contributed by atoms with Crippen molar-refractivity contribution in [3.63, 3.8) is 0 Å². The summed E-state index contributed by atoms with van der Waals surface area (Å²) in [5.74, 6) is -0.308. The second-order valence-corrected chi connectivity index (χ2v) is 5.48. The second kappa shape index (κ2) is 8.20. The molecule has 1 aromatic rings. The molecule has 116 valence electrons. The van der Waals surface area contributed by atoms with Crippen molar-refractivity contribution in [3.8, 4) is 6.07 Å². The number of carbonyl (C=O) groups is 1. The first-order valence-electron chi connectivity index (χ1n) is 7.56. The van der Waals surface area contributed by atoms with Crippen molar-refractivity contribution in [3.05, 3.63) is 47.2 Å². The lowest BCUT2D eigenvalue weighted by molar-refractivity contribution is -0.117. The Labute approximate surface area is 130 Å². The van der Waals surface area contributed by atoms with E-state index in [1.807, 2.05) is 30.3 Å². The third kappa shape index (κ3) is 4.61. The number of benzene rings is 1. The molecule has 1 aromatic carbocycles. The molecule has 22 heavy (non-hydrogen) atoms. The van der Waals surface area contributed by atoms with E-state index in [1.165, 1.54) is 6.20 Å². The van der Waals surface area contributed by atoms with E-state index in [0.717, 1.165) is 36.8 Å². The molecule has 0 bridgehead atoms. The van der Waals surface area contributed by atoms with Gasteiger partial charge in [0.1, 0.15) is 11.6 Å². The van der Waals surface area contributed by atoms with Gasteiger partial charge in [0, 0.05) is 18.8 Å². The Morgan fingerprint density at radius 2 is 1.91 bits per heavy atom. The largest absolute Gasteiger partial charge is 0.392 e. The monoisotopic (exact) mass is 299 g/mol. The van der Waals surface area contributed by atoms with Crippen molar-refractivity contribution >= 4 is 5.91 Å². The van der Waals surface area contributed by atoms with Crippen LogP contribution in [0.3, 0.4) is 0 Å². The van der Waals surface area contributed by atoms with Crippen LogP contribution in [0, 0.1) is 11.3 Å². The number of hydrogen-bond donors (Lipinski definition) is 3. The van der Waals surface area contributed by atoms with E-state index in [1.54, 1.807) is 0 Å². The number of aliphatic hydroxyl groups excluding tert-OH is 1. The third-order valence-electron chi connectivity index (χ3n) is 3.81. The Kier molecular flexibility index (Phi) is 5.99. The Morgan fingerprint density at radius 1 is 1.27 bits per heavy atom. The van der Waals surface area contributed by atoms with Crippen LogP contribution in [0.15, 0.2) is 36.0 Å². The average Bonchev–Trinajstić information content (AvgIpc) is 3.05. The number of amides is 1. The molecule has 2 rings (SSSR count). The molecule has 1 saturated carbocycles. The fourth-order valence-electron chi connectivity index (χ4n) is 2.52. The first kappa shape index (κ1) is 16.1. The molecule has 0 aliphatic heterocycles. The van der Waals surface area contributed by atoms with Gasteiger partial charge in [-0.2, -0.15) is 5.26 Å². The van der Waals surface area contributed by atoms with Gasteiger partial charge in [0.25, 0.3) is 5.91 Å². The van der Waals surface area contributed by atoms with E-state index in [9.17, 15) is 4.79 Å². The van der Waals surface area contributed by atoms with Crippen LogP contribution >= 0.6 is 0 Å². The number of nitrogens with zero attached hydrogens (tertiary/aromatic N) is 1. The van der Waals surface area contributed by atoms with E-state index in [0.29, 0.717) is 6.54 Å². The predicted molar refractivity (Wildman–Crippen MR) is 83.3 cm³/mol. The van der Waals surface area contributed by atoms with Crippen LogP contribution in [0.1, 0.15) is 36.8 Å². The highest BCUT2D eigenvalue weighted by atomic mass is 16.3. The van der Waals surface area contributed by atoms with E-state index < -0.39 is 0 Å². The van der Waals surface area contributed by atoms with Crippen molar-refractivity contribution in [2.24, 2.45) is 0 Å². The molecule has 1 amide bonds. The average molecular weight is 299 g/mol. The first-order valence-corrected chi connectivity index (χ1v) is 7.56. The minimum atomic E-state index is -0.308. The van der Waals surface area contributed by atoms with Crippen LogP contribution in [0.2, 0.25) is 0 Å². The second-order valence-electron chi connectivity index (χ2n) is 5.48. The molecule has 3 N–H and O–H groups in total. The maximum absolute atomic E-state index is 12.0. The topological polar surface area (TPSA) is 85.2 Å². The number of carbonyl (C=O) groups excluding carboxylic acids is 1. The van der Waals surface area contributed by atoms with E-state index in [-0.39, 0.29) is 24.1 Å². The molecule has 0 spiro atoms. The zero-order valence-corrected chi connectivity index (χ0v) is 12.5. The van der Waals surface area contributed by atoms with E-state index in [4.69, 9.17) is 10.4 Å². The molecule has 0 unspecified atom stereocenters. The van der Waals surface area contributed by atoms with Crippen molar-refractivity contribution in [2.75, 3.05) is 0 Å². The standard InChI is InChI=1S/C17H21N3O2/c18-9-15(17(22)20-16-3-1-2-4-16)11-19-10-13-5-7-14(12-21)8-6-13/h5-8,11,16,19,21H,1-4,10,12H2,(H,20,22)/b15-11-. The lowest BCUT2D eigenvalue weighted by Crippen LogP contribution is -2.33. The van der Waals surface area contributed by atoms with Crippen molar-refractivity contribution in [2.45, 2.75) is 44.9 Å². The molecule has 1 fully saturated rings. The van der Waals surface area contributed by atoms with Gasteiger partial charge in [-0.3, -0.25) is 4.79 Å². The molecule has 5 heteroatoms. The smallest absolute Gasteiger partial charge is 0.263 e. The minimum Gasteiger partial charge on any atom is -0.392 e. The van der Waals surface area contributed by atoms with Crippen LogP contribution in [0.4, 0.5) is 0 Å². The fourth-order valence-corrected chi connectivity index (χ4v) is 2.52. The molecule has 0 heterocycles. The highest BCUT2D eigenvalue weighted by Crippen LogP contribution is 2.17. The molecule has 0 aromatic heterocycles. The number of rotatable bonds is 6. The fraction of sp³-hybridized carbons (Fsp3) is 0.412. The quantitative estimate of drug-likeness (QED) is 0.552. The summed E-state index contributed by atoms with van der Waals surface area (Å²) in [6, 6.07) is 9.63. The summed E-state index contributed by atoms with van der Waals surface area (Å²) in [5, 5.41) is 24.0. The summed E-state index contributed by atoms with van der Waals surface area (Å²) in [5.41, 5.74) is 1.97. The van der Waals surface area contributed by atoms with Gasteiger partial charge in [0.15, 0.2) is 0 Å². The highest BCUT2D eigenvalue weighted by molar-refractivity contribution is 5.97. The molecular formula is C17H21N3O2. The predicted octanol–water partition coefficient (Wildman–Crippen LogP) is 1.73. The van der Waals surface area contributed by atoms with Gasteiger partial charge in [-0.15, -0.1) is 0 Å². The molecule has 1 aliphatic rings. The minimum absolute atomic E-state index is 0.0214. The molecule has 0 atom stereocenters. The Bertz CT molecular complexity index is 567. The van der Waals surface area contributed by atoms with Gasteiger partial charge in [0.2, 0.25) is 0 Å². The number of hydrogen-bond acceptors (Lipinski definition) is 4. The zero-order chi connectivity index (χ0) is 15.8. The van der Waals surface area contributed by atoms with Crippen LogP contribution in [-0.4, -0.2) is 17.1 Å². The number of nitriles is 1. The van der Waals surface area contributed by atoms with Crippen molar-refractivity contribution in [1.29, 1.82) is 5.26 Å². The first-order chi connectivity index (χ1) is 10.7. The van der Waals surface area contributed by atoms with E-state index >= 15 is 0 Å². The summed E-state index contributed by atoms with van der Waals surface area (Å²) in [6.45, 7) is 0.543. The van der Waals surface area contributed by atoms with Gasteiger partial charge in [-0.05, 0) is 24.0 Å². The zero-order valence-electron chi connectivity index (χ0n) is 12.5. The summed E-state index contributed by atoms with van der Waals surface area (Å²) >= 11 is 0. The van der Waals surface area contributed by atoms with Gasteiger partial charge < -0.3 is 15.7 Å². The van der Waals surface area contributed by atoms with Gasteiger partial charge in [-0.25, -0.2) is 0 Å². The Hall–Kier alpha value is -2.32. The van der Waals surface area contributed by atoms with Crippen LogP contribution in [-0.2, 0) is 17.9 Å². The molecule has 0 saturated heterocycles. The van der Waals surface area contributed by atoms with Crippen LogP contribution < -0.4 is 10.6 Å². The maximum Gasteiger partial charge on any atom is 0.263 e. The van der Waals surface area contributed by atoms with Gasteiger partial charge >= 0.3 is 0 Å². The Morgan fingerprint density at radius 3 is 2.50 bits per heavy atom. The van der Waals surface area contributed by atoms with Crippen molar-refractivity contribution in [1.82, 2.24) is 10.6 Å². The SMILES string of the molecule is N#C/C(=C/NCc1ccc(CO)cc1)C(=O)NC1CCCC1. The molecule has 5 nitrogen and oxygen atoms in total. The summed E-state index contributed by atoms with van der Waals surface area (Å²) in [4.78, 5) is 12.0. The van der Waals surface area contributed by atoms with Gasteiger partial charge in [0.05, 0.1) is 6.61 Å². The molecule has 0 radical (unpaired) electrons. The third-order valence-corrected chi connectivity index (χ3v) is 3.81. The summed E-state index contributed by atoms with van der Waals surface area (Å²) in [7, 11) is 0. The molecule has 1 aliphatic carbocycles.